The van der Waals surface area contributed by atoms with E-state index in [0.717, 1.165) is 6.07 Å². The number of carbonyl (C=O) groups is 7. The highest BCUT2D eigenvalue weighted by Gasteiger charge is 2.29. The standard InChI is InChI=1S/C46H56FN11O10/c1-4-54-25-32(44(64)65)42(62)31-23-33(47)37(24-36(31)54)55-19-21-56(22-20-55)46(67)68-27-29-11-13-30(14-12-29)50-43(63)35(9-8-17-49-45(48)66)58-26-34(52-53-58)41(28(2)3)51-38(59)10-6-5-7-18-57-39(60)15-16-40(57)61/h11-16,23-26,28,35,41H,4-10,17-22,27H2,1-3H3,(H,50,63)(H,51,59)(H,64,65)(H3,48,49,66)/t35?,41-/m0/s1. The van der Waals surface area contributed by atoms with Gasteiger partial charge in [-0.3, -0.25) is 28.9 Å². The molecule has 2 aromatic heterocycles. The van der Waals surface area contributed by atoms with Crippen molar-refractivity contribution in [3.05, 3.63) is 93.8 Å². The number of imide groups is 1. The minimum Gasteiger partial charge on any atom is -0.477 e. The number of nitrogens with two attached hydrogens (primary N) is 1. The number of nitrogens with one attached hydrogen (secondary N) is 3. The van der Waals surface area contributed by atoms with Crippen molar-refractivity contribution in [3.63, 3.8) is 0 Å². The monoisotopic (exact) mass is 941 g/mol. The van der Waals surface area contributed by atoms with Gasteiger partial charge >= 0.3 is 18.1 Å². The highest BCUT2D eigenvalue weighted by atomic mass is 19.1. The summed E-state index contributed by atoms with van der Waals surface area (Å²) in [7, 11) is 0. The van der Waals surface area contributed by atoms with Crippen molar-refractivity contribution < 1.29 is 47.8 Å². The van der Waals surface area contributed by atoms with E-state index in [1.54, 1.807) is 46.9 Å². The lowest BCUT2D eigenvalue weighted by Crippen LogP contribution is -2.49. The number of hydrogen-bond acceptors (Lipinski definition) is 12. The van der Waals surface area contributed by atoms with Gasteiger partial charge in [0.15, 0.2) is 0 Å². The summed E-state index contributed by atoms with van der Waals surface area (Å²) < 4.78 is 24.0. The van der Waals surface area contributed by atoms with Gasteiger partial charge in [0, 0.05) is 81.7 Å². The van der Waals surface area contributed by atoms with Crippen molar-refractivity contribution in [1.82, 2.24) is 40.0 Å². The number of urea groups is 1. The highest BCUT2D eigenvalue weighted by Crippen LogP contribution is 2.28. The first-order valence-corrected chi connectivity index (χ1v) is 22.5. The summed E-state index contributed by atoms with van der Waals surface area (Å²) in [5.74, 6) is -3.46. The molecule has 0 aliphatic carbocycles. The van der Waals surface area contributed by atoms with Crippen LogP contribution in [0, 0.1) is 11.7 Å². The second-order valence-electron chi connectivity index (χ2n) is 16.8. The van der Waals surface area contributed by atoms with E-state index in [0.29, 0.717) is 54.7 Å². The maximum Gasteiger partial charge on any atom is 0.410 e. The van der Waals surface area contributed by atoms with E-state index >= 15 is 4.39 Å². The van der Waals surface area contributed by atoms with Gasteiger partial charge in [-0.25, -0.2) is 23.5 Å². The number of benzene rings is 2. The number of unbranched alkanes of at least 4 members (excludes halogenated alkanes) is 2. The number of carbonyl (C=O) groups excluding carboxylic acids is 6. The molecule has 6 rings (SSSR count). The first kappa shape index (κ1) is 49.8. The predicted octanol–water partition coefficient (Wildman–Crippen LogP) is 3.84. The largest absolute Gasteiger partial charge is 0.477 e. The zero-order valence-corrected chi connectivity index (χ0v) is 38.1. The van der Waals surface area contributed by atoms with E-state index in [-0.39, 0.29) is 93.4 Å². The fourth-order valence-corrected chi connectivity index (χ4v) is 8.02. The SMILES string of the molecule is CCn1cc(C(=O)O)c(=O)c2cc(F)c(N3CCN(C(=O)OCc4ccc(NC(=O)C(CCCNC(N)=O)n5cc([C@@H](NC(=O)CCCCCN6C(=O)C=CC6=O)C(C)C)nn5)cc4)CC3)cc21. The smallest absolute Gasteiger partial charge is 0.410 e. The molecule has 1 unspecified atom stereocenters. The Hall–Kier alpha value is -7.65. The molecule has 4 aromatic rings. The Morgan fingerprint density at radius 1 is 0.926 bits per heavy atom. The number of aromatic carboxylic acids is 1. The third-order valence-electron chi connectivity index (χ3n) is 11.8. The first-order valence-electron chi connectivity index (χ1n) is 22.5. The van der Waals surface area contributed by atoms with Crippen LogP contribution in [0.25, 0.3) is 10.9 Å². The number of rotatable bonds is 21. The first-order chi connectivity index (χ1) is 32.5. The molecule has 2 aliphatic rings. The summed E-state index contributed by atoms with van der Waals surface area (Å²) in [6, 6.07) is 7.21. The number of carboxylic acids is 1. The van der Waals surface area contributed by atoms with Crippen molar-refractivity contribution in [3.8, 4) is 0 Å². The molecular formula is C46H56FN11O10. The summed E-state index contributed by atoms with van der Waals surface area (Å²) in [6.07, 6.45) is 7.37. The number of fused-ring (bicyclic) bond motifs is 1. The highest BCUT2D eigenvalue weighted by molar-refractivity contribution is 6.12. The molecule has 362 valence electrons. The molecule has 21 nitrogen and oxygen atoms in total. The third-order valence-corrected chi connectivity index (χ3v) is 11.8. The van der Waals surface area contributed by atoms with Crippen LogP contribution in [0.4, 0.5) is 25.4 Å². The number of primary amides is 1. The van der Waals surface area contributed by atoms with E-state index in [1.165, 1.54) is 38.9 Å². The lowest BCUT2D eigenvalue weighted by molar-refractivity contribution is -0.137. The molecule has 68 heavy (non-hydrogen) atoms. The number of amides is 7. The molecule has 7 amide bonds. The van der Waals surface area contributed by atoms with E-state index in [1.807, 2.05) is 13.8 Å². The van der Waals surface area contributed by atoms with E-state index < -0.39 is 52.9 Å². The Bertz CT molecular complexity index is 2600. The lowest BCUT2D eigenvalue weighted by atomic mass is 10.0. The van der Waals surface area contributed by atoms with Crippen LogP contribution in [-0.4, -0.2) is 115 Å². The van der Waals surface area contributed by atoms with Crippen molar-refractivity contribution in [2.24, 2.45) is 11.7 Å². The van der Waals surface area contributed by atoms with Gasteiger partial charge in [0.1, 0.15) is 29.7 Å². The molecular weight excluding hydrogens is 886 g/mol. The molecule has 0 spiro atoms. The Morgan fingerprint density at radius 3 is 2.28 bits per heavy atom. The van der Waals surface area contributed by atoms with E-state index in [4.69, 9.17) is 10.5 Å². The maximum atomic E-state index is 15.4. The number of aromatic nitrogens is 4. The van der Waals surface area contributed by atoms with E-state index in [2.05, 4.69) is 26.3 Å². The summed E-state index contributed by atoms with van der Waals surface area (Å²) in [4.78, 5) is 104. The Labute approximate surface area is 390 Å². The number of carboxylic acid groups (broad SMARTS) is 1. The molecule has 0 saturated carbocycles. The van der Waals surface area contributed by atoms with Gasteiger partial charge in [-0.1, -0.05) is 37.6 Å². The van der Waals surface area contributed by atoms with Gasteiger partial charge < -0.3 is 45.9 Å². The summed E-state index contributed by atoms with van der Waals surface area (Å²) in [5, 5.41) is 26.4. The predicted molar refractivity (Wildman–Crippen MR) is 246 cm³/mol. The zero-order valence-electron chi connectivity index (χ0n) is 38.1. The van der Waals surface area contributed by atoms with Gasteiger partial charge in [-0.2, -0.15) is 0 Å². The van der Waals surface area contributed by atoms with Crippen LogP contribution in [0.1, 0.15) is 93.0 Å². The van der Waals surface area contributed by atoms with Crippen LogP contribution in [0.3, 0.4) is 0 Å². The van der Waals surface area contributed by atoms with Crippen LogP contribution in [0.5, 0.6) is 0 Å². The van der Waals surface area contributed by atoms with Gasteiger partial charge in [0.05, 0.1) is 23.4 Å². The number of ether oxygens (including phenoxy) is 1. The van der Waals surface area contributed by atoms with Crippen molar-refractivity contribution >= 4 is 64.0 Å². The molecule has 22 heteroatoms. The molecule has 6 N–H and O–H groups in total. The number of pyridine rings is 1. The molecule has 2 aliphatic heterocycles. The average Bonchev–Trinajstić information content (AvgIpc) is 3.92. The van der Waals surface area contributed by atoms with Gasteiger partial charge in [0.2, 0.25) is 17.2 Å². The normalized spacial score (nSPS) is 14.6. The summed E-state index contributed by atoms with van der Waals surface area (Å²) >= 11 is 0. The molecule has 2 atom stereocenters. The van der Waals surface area contributed by atoms with Crippen LogP contribution < -0.4 is 32.0 Å². The summed E-state index contributed by atoms with van der Waals surface area (Å²) in [5.41, 5.74) is 6.20. The van der Waals surface area contributed by atoms with Crippen LogP contribution in [-0.2, 0) is 37.1 Å². The molecule has 0 radical (unpaired) electrons. The second kappa shape index (κ2) is 22.7. The quantitative estimate of drug-likeness (QED) is 0.0588. The second-order valence-corrected chi connectivity index (χ2v) is 16.8. The average molecular weight is 942 g/mol. The Kier molecular flexibility index (Phi) is 16.6. The minimum absolute atomic E-state index is 0.0305. The topological polar surface area (TPSA) is 273 Å². The lowest BCUT2D eigenvalue weighted by Gasteiger charge is -2.35. The van der Waals surface area contributed by atoms with Crippen molar-refractivity contribution in [2.45, 2.75) is 84.5 Å². The van der Waals surface area contributed by atoms with Gasteiger partial charge in [0.25, 0.3) is 11.8 Å². The van der Waals surface area contributed by atoms with Crippen molar-refractivity contribution in [1.29, 1.82) is 0 Å². The number of halogens is 1. The molecule has 1 saturated heterocycles. The number of aryl methyl sites for hydroxylation is 1. The number of nitrogens with zero attached hydrogens (tertiary/aromatic N) is 7. The molecule has 0 bridgehead atoms. The maximum absolute atomic E-state index is 15.4. The molecule has 4 heterocycles. The van der Waals surface area contributed by atoms with Crippen LogP contribution in [0.15, 0.2) is 65.7 Å². The fourth-order valence-electron chi connectivity index (χ4n) is 8.02. The number of anilines is 2. The fraction of sp³-hybridized carbons (Fsp3) is 0.435. The molecule has 1 fully saturated rings. The van der Waals surface area contributed by atoms with Gasteiger partial charge in [-0.15, -0.1) is 5.10 Å². The Balaban J connectivity index is 1.01. The van der Waals surface area contributed by atoms with E-state index in [9.17, 15) is 43.5 Å². The Morgan fingerprint density at radius 2 is 1.63 bits per heavy atom. The minimum atomic E-state index is -1.39. The molecule has 2 aromatic carbocycles. The number of hydrogen-bond donors (Lipinski definition) is 5. The van der Waals surface area contributed by atoms with Gasteiger partial charge in [-0.05, 0) is 68.4 Å². The van der Waals surface area contributed by atoms with Crippen molar-refractivity contribution in [2.75, 3.05) is 49.5 Å². The third kappa shape index (κ3) is 12.4. The zero-order chi connectivity index (χ0) is 49.1. The van der Waals surface area contributed by atoms with Crippen LogP contribution in [0.2, 0.25) is 0 Å². The number of piperazine rings is 1. The van der Waals surface area contributed by atoms with Crippen LogP contribution >= 0.6 is 0 Å². The summed E-state index contributed by atoms with van der Waals surface area (Å²) in [6.45, 7) is 7.43.